The van der Waals surface area contributed by atoms with Gasteiger partial charge in [-0.3, -0.25) is 10.1 Å². The Hall–Kier alpha value is -2.47. The Balaban J connectivity index is 2.94. The number of hydrogen-bond acceptors (Lipinski definition) is 4. The smallest absolute Gasteiger partial charge is 0.412 e. The number of Topliss-reactive ketones (excluding diaryl/α,β-unsaturated/α-hetero) is 1. The van der Waals surface area contributed by atoms with Gasteiger partial charge in [0.15, 0.2) is 11.6 Å². The monoisotopic (exact) mass is 352 g/mol. The van der Waals surface area contributed by atoms with Crippen molar-refractivity contribution in [2.45, 2.75) is 19.8 Å². The van der Waals surface area contributed by atoms with Crippen LogP contribution in [0.25, 0.3) is 0 Å². The molecule has 0 aliphatic rings. The normalized spacial score (nSPS) is 11.4. The molecule has 0 aliphatic heterocycles. The molecular formula is C17H18ClFN2O3. The SMILES string of the molecule is C=CCOC(=O)Nc1cccc(C(=O)CC(=C/CC)/N=C/Cl)c1F. The Morgan fingerprint density at radius 1 is 1.46 bits per heavy atom. The summed E-state index contributed by atoms with van der Waals surface area (Å²) in [7, 11) is 0. The van der Waals surface area contributed by atoms with E-state index in [4.69, 9.17) is 16.3 Å². The second-order valence-corrected chi connectivity index (χ2v) is 4.80. The van der Waals surface area contributed by atoms with Gasteiger partial charge < -0.3 is 4.74 Å². The molecule has 1 rings (SSSR count). The van der Waals surface area contributed by atoms with Gasteiger partial charge in [-0.1, -0.05) is 43.3 Å². The quantitative estimate of drug-likeness (QED) is 0.419. The summed E-state index contributed by atoms with van der Waals surface area (Å²) < 4.78 is 19.1. The molecule has 0 unspecified atom stereocenters. The number of carbonyl (C=O) groups is 2. The number of anilines is 1. The van der Waals surface area contributed by atoms with Crippen molar-refractivity contribution in [2.75, 3.05) is 11.9 Å². The third kappa shape index (κ3) is 5.96. The van der Waals surface area contributed by atoms with E-state index in [1.54, 1.807) is 6.08 Å². The number of allylic oxidation sites excluding steroid dienone is 2. The standard InChI is InChI=1S/C17H18ClFN2O3/c1-3-6-12(20-11-18)10-15(22)13-7-5-8-14(16(13)19)21-17(23)24-9-4-2/h4-8,11H,2-3,9-10H2,1H3,(H,21,23)/b12-6-,20-11+. The Labute approximate surface area is 144 Å². The lowest BCUT2D eigenvalue weighted by atomic mass is 10.0. The van der Waals surface area contributed by atoms with Crippen molar-refractivity contribution >= 4 is 34.8 Å². The number of halogens is 2. The number of nitrogens with zero attached hydrogens (tertiary/aromatic N) is 1. The summed E-state index contributed by atoms with van der Waals surface area (Å²) in [6.45, 7) is 5.28. The van der Waals surface area contributed by atoms with Gasteiger partial charge in [0.05, 0.1) is 23.3 Å². The molecule has 1 amide bonds. The lowest BCUT2D eigenvalue weighted by Gasteiger charge is -2.09. The molecule has 0 atom stereocenters. The maximum absolute atomic E-state index is 14.4. The van der Waals surface area contributed by atoms with E-state index in [1.165, 1.54) is 24.3 Å². The fourth-order valence-corrected chi connectivity index (χ4v) is 1.98. The molecular weight excluding hydrogens is 335 g/mol. The van der Waals surface area contributed by atoms with E-state index in [0.29, 0.717) is 12.1 Å². The molecule has 1 aromatic rings. The zero-order valence-corrected chi connectivity index (χ0v) is 14.0. The fourth-order valence-electron chi connectivity index (χ4n) is 1.85. The van der Waals surface area contributed by atoms with Crippen LogP contribution in [0.4, 0.5) is 14.9 Å². The van der Waals surface area contributed by atoms with E-state index in [0.717, 1.165) is 5.67 Å². The molecule has 0 heterocycles. The second kappa shape index (κ2) is 10.3. The average molecular weight is 353 g/mol. The van der Waals surface area contributed by atoms with Gasteiger partial charge in [0.2, 0.25) is 0 Å². The number of nitrogens with one attached hydrogen (secondary N) is 1. The Morgan fingerprint density at radius 2 is 2.21 bits per heavy atom. The first-order chi connectivity index (χ1) is 11.5. The number of benzene rings is 1. The summed E-state index contributed by atoms with van der Waals surface area (Å²) in [6.07, 6.45) is 2.84. The molecule has 0 saturated heterocycles. The summed E-state index contributed by atoms with van der Waals surface area (Å²) in [5.41, 5.74) is 1.21. The summed E-state index contributed by atoms with van der Waals surface area (Å²) >= 11 is 5.43. The minimum absolute atomic E-state index is 0.00627. The highest BCUT2D eigenvalue weighted by atomic mass is 35.5. The van der Waals surface area contributed by atoms with Gasteiger partial charge in [-0.2, -0.15) is 0 Å². The highest BCUT2D eigenvalue weighted by Gasteiger charge is 2.17. The van der Waals surface area contributed by atoms with Gasteiger partial charge in [0.1, 0.15) is 6.61 Å². The van der Waals surface area contributed by atoms with Crippen LogP contribution in [-0.4, -0.2) is 24.2 Å². The van der Waals surface area contributed by atoms with E-state index in [9.17, 15) is 14.0 Å². The number of hydrogen-bond donors (Lipinski definition) is 1. The van der Waals surface area contributed by atoms with Crippen molar-refractivity contribution in [3.8, 4) is 0 Å². The molecule has 0 aromatic heterocycles. The maximum Gasteiger partial charge on any atom is 0.412 e. The third-order valence-corrected chi connectivity index (χ3v) is 2.96. The highest BCUT2D eigenvalue weighted by Crippen LogP contribution is 2.21. The third-order valence-electron chi connectivity index (χ3n) is 2.86. The van der Waals surface area contributed by atoms with Crippen LogP contribution < -0.4 is 5.32 Å². The number of carbonyl (C=O) groups excluding carboxylic acids is 2. The number of rotatable bonds is 8. The van der Waals surface area contributed by atoms with Crippen LogP contribution in [0.2, 0.25) is 0 Å². The molecule has 24 heavy (non-hydrogen) atoms. The van der Waals surface area contributed by atoms with Gasteiger partial charge >= 0.3 is 6.09 Å². The predicted octanol–water partition coefficient (Wildman–Crippen LogP) is 4.69. The first-order valence-electron chi connectivity index (χ1n) is 7.21. The summed E-state index contributed by atoms with van der Waals surface area (Å²) in [5.74, 6) is -1.30. The van der Waals surface area contributed by atoms with E-state index < -0.39 is 17.7 Å². The van der Waals surface area contributed by atoms with Crippen molar-refractivity contribution in [2.24, 2.45) is 4.99 Å². The maximum atomic E-state index is 14.4. The van der Waals surface area contributed by atoms with Gasteiger partial charge in [-0.25, -0.2) is 14.2 Å². The minimum atomic E-state index is -0.836. The van der Waals surface area contributed by atoms with E-state index in [-0.39, 0.29) is 24.3 Å². The molecule has 1 aromatic carbocycles. The van der Waals surface area contributed by atoms with Gasteiger partial charge in [0, 0.05) is 5.70 Å². The van der Waals surface area contributed by atoms with Gasteiger partial charge in [-0.05, 0) is 18.6 Å². The summed E-state index contributed by atoms with van der Waals surface area (Å²) in [5, 5.41) is 2.24. The fraction of sp³-hybridized carbons (Fsp3) is 0.235. The number of ketones is 1. The van der Waals surface area contributed by atoms with Gasteiger partial charge in [-0.15, -0.1) is 0 Å². The van der Waals surface area contributed by atoms with E-state index in [2.05, 4.69) is 16.9 Å². The van der Waals surface area contributed by atoms with Crippen molar-refractivity contribution in [1.29, 1.82) is 0 Å². The topological polar surface area (TPSA) is 67.8 Å². The molecule has 128 valence electrons. The van der Waals surface area contributed by atoms with Crippen LogP contribution >= 0.6 is 11.6 Å². The molecule has 0 bridgehead atoms. The molecule has 0 spiro atoms. The number of amides is 1. The van der Waals surface area contributed by atoms with Crippen LogP contribution in [0, 0.1) is 5.82 Å². The van der Waals surface area contributed by atoms with E-state index >= 15 is 0 Å². The van der Waals surface area contributed by atoms with Crippen molar-refractivity contribution < 1.29 is 18.7 Å². The molecule has 7 heteroatoms. The lowest BCUT2D eigenvalue weighted by molar-refractivity contribution is 0.0988. The zero-order valence-electron chi connectivity index (χ0n) is 13.2. The van der Waals surface area contributed by atoms with Gasteiger partial charge in [0.25, 0.3) is 0 Å². The Bertz CT molecular complexity index is 672. The minimum Gasteiger partial charge on any atom is -0.445 e. The molecule has 5 nitrogen and oxygen atoms in total. The number of ether oxygens (including phenoxy) is 1. The lowest BCUT2D eigenvalue weighted by Crippen LogP contribution is -2.16. The summed E-state index contributed by atoms with van der Waals surface area (Å²) in [6, 6.07) is 4.14. The first-order valence-corrected chi connectivity index (χ1v) is 7.65. The largest absolute Gasteiger partial charge is 0.445 e. The van der Waals surface area contributed by atoms with Crippen LogP contribution in [-0.2, 0) is 4.74 Å². The van der Waals surface area contributed by atoms with Crippen LogP contribution in [0.5, 0.6) is 0 Å². The number of aliphatic imine (C=N–C) groups is 1. The van der Waals surface area contributed by atoms with Crippen LogP contribution in [0.15, 0.2) is 47.6 Å². The Morgan fingerprint density at radius 3 is 2.83 bits per heavy atom. The van der Waals surface area contributed by atoms with Crippen LogP contribution in [0.1, 0.15) is 30.1 Å². The molecule has 0 fully saturated rings. The van der Waals surface area contributed by atoms with Crippen LogP contribution in [0.3, 0.4) is 0 Å². The van der Waals surface area contributed by atoms with Crippen molar-refractivity contribution in [3.63, 3.8) is 0 Å². The zero-order chi connectivity index (χ0) is 17.9. The molecule has 0 radical (unpaired) electrons. The van der Waals surface area contributed by atoms with Crippen molar-refractivity contribution in [3.05, 3.63) is 54.0 Å². The van der Waals surface area contributed by atoms with E-state index in [1.807, 2.05) is 6.92 Å². The Kier molecular flexibility index (Phi) is 8.43. The predicted molar refractivity (Wildman–Crippen MR) is 93.2 cm³/mol. The summed E-state index contributed by atoms with van der Waals surface area (Å²) in [4.78, 5) is 27.6. The molecule has 0 saturated carbocycles. The molecule has 1 N–H and O–H groups in total. The average Bonchev–Trinajstić information content (AvgIpc) is 2.55. The van der Waals surface area contributed by atoms with Crippen molar-refractivity contribution in [1.82, 2.24) is 0 Å². The second-order valence-electron chi connectivity index (χ2n) is 4.61. The molecule has 0 aliphatic carbocycles. The first kappa shape index (κ1) is 19.6. The highest BCUT2D eigenvalue weighted by molar-refractivity contribution is 6.56.